The average Bonchev–Trinajstić information content (AvgIpc) is 2.67. The van der Waals surface area contributed by atoms with Crippen LogP contribution in [0.15, 0.2) is 34.2 Å². The van der Waals surface area contributed by atoms with E-state index in [1.807, 2.05) is 12.1 Å². The molecule has 1 aliphatic rings. The fourth-order valence-corrected chi connectivity index (χ4v) is 3.80. The minimum absolute atomic E-state index is 0.182. The molecule has 27 heavy (non-hydrogen) atoms. The molecule has 1 fully saturated rings. The van der Waals surface area contributed by atoms with Gasteiger partial charge in [-0.2, -0.15) is 0 Å². The first kappa shape index (κ1) is 22.0. The number of benzene rings is 1. The third-order valence-corrected chi connectivity index (χ3v) is 5.81. The van der Waals surface area contributed by atoms with Gasteiger partial charge in [-0.3, -0.25) is 9.89 Å². The third-order valence-electron chi connectivity index (χ3n) is 4.71. The molecule has 5 nitrogen and oxygen atoms in total. The first-order chi connectivity index (χ1) is 13.1. The third kappa shape index (κ3) is 8.49. The topological polar surface area (TPSA) is 42.9 Å². The summed E-state index contributed by atoms with van der Waals surface area (Å²) in [6, 6.07) is 7.15. The Morgan fingerprint density at radius 2 is 1.89 bits per heavy atom. The second-order valence-corrected chi connectivity index (χ2v) is 8.16. The van der Waals surface area contributed by atoms with Gasteiger partial charge in [0.05, 0.1) is 6.54 Å². The molecule has 0 aliphatic carbocycles. The Labute approximate surface area is 167 Å². The van der Waals surface area contributed by atoms with E-state index in [0.717, 1.165) is 68.8 Å². The number of piperazine rings is 1. The lowest BCUT2D eigenvalue weighted by Crippen LogP contribution is -2.49. The standard InChI is InChI=1S/C20H34FN5S/c1-4-22-20(24-16-17(2)26-13-11-25(3)12-14-26)23-10-5-15-27-19-8-6-18(21)7-9-19/h6-9,17H,4-5,10-16H2,1-3H3,(H2,22,23,24). The molecule has 1 atom stereocenters. The summed E-state index contributed by atoms with van der Waals surface area (Å²) >= 11 is 1.75. The number of guanidine groups is 1. The summed E-state index contributed by atoms with van der Waals surface area (Å²) < 4.78 is 12.9. The molecule has 0 aromatic heterocycles. The summed E-state index contributed by atoms with van der Waals surface area (Å²) in [5.74, 6) is 1.71. The van der Waals surface area contributed by atoms with Crippen molar-refractivity contribution < 1.29 is 4.39 Å². The zero-order valence-corrected chi connectivity index (χ0v) is 17.7. The van der Waals surface area contributed by atoms with Crippen LogP contribution in [-0.2, 0) is 0 Å². The number of nitrogens with one attached hydrogen (secondary N) is 2. The highest BCUT2D eigenvalue weighted by Crippen LogP contribution is 2.18. The van der Waals surface area contributed by atoms with Crippen LogP contribution in [0.25, 0.3) is 0 Å². The second kappa shape index (κ2) is 12.2. The highest BCUT2D eigenvalue weighted by Gasteiger charge is 2.18. The maximum atomic E-state index is 12.9. The van der Waals surface area contributed by atoms with Gasteiger partial charge in [0.2, 0.25) is 0 Å². The molecule has 1 aliphatic heterocycles. The van der Waals surface area contributed by atoms with Crippen LogP contribution in [0.3, 0.4) is 0 Å². The Hall–Kier alpha value is -1.31. The van der Waals surface area contributed by atoms with Crippen LogP contribution in [0.5, 0.6) is 0 Å². The monoisotopic (exact) mass is 395 g/mol. The Morgan fingerprint density at radius 1 is 1.19 bits per heavy atom. The van der Waals surface area contributed by atoms with E-state index in [1.54, 1.807) is 11.8 Å². The van der Waals surface area contributed by atoms with E-state index in [2.05, 4.69) is 41.3 Å². The van der Waals surface area contributed by atoms with Gasteiger partial charge in [-0.15, -0.1) is 11.8 Å². The molecule has 1 aromatic rings. The fourth-order valence-electron chi connectivity index (χ4n) is 2.94. The van der Waals surface area contributed by atoms with Crippen LogP contribution in [0.2, 0.25) is 0 Å². The molecule has 0 saturated carbocycles. The van der Waals surface area contributed by atoms with Gasteiger partial charge in [0.1, 0.15) is 5.82 Å². The number of likely N-dealkylation sites (N-methyl/N-ethyl adjacent to an activating group) is 1. The molecule has 0 spiro atoms. The summed E-state index contributed by atoms with van der Waals surface area (Å²) in [6.45, 7) is 11.4. The van der Waals surface area contributed by atoms with Gasteiger partial charge in [-0.05, 0) is 57.3 Å². The maximum absolute atomic E-state index is 12.9. The first-order valence-electron chi connectivity index (χ1n) is 9.91. The van der Waals surface area contributed by atoms with Crippen molar-refractivity contribution in [2.45, 2.75) is 31.2 Å². The minimum Gasteiger partial charge on any atom is -0.357 e. The first-order valence-corrected chi connectivity index (χ1v) is 10.9. The normalized spacial score (nSPS) is 17.7. The van der Waals surface area contributed by atoms with Crippen LogP contribution in [0.4, 0.5) is 4.39 Å². The number of rotatable bonds is 9. The van der Waals surface area contributed by atoms with E-state index in [-0.39, 0.29) is 5.82 Å². The zero-order chi connectivity index (χ0) is 19.5. The molecule has 1 unspecified atom stereocenters. The van der Waals surface area contributed by atoms with Crippen molar-refractivity contribution in [2.75, 3.05) is 58.6 Å². The molecule has 1 aromatic carbocycles. The Bertz CT molecular complexity index is 558. The zero-order valence-electron chi connectivity index (χ0n) is 16.9. The second-order valence-electron chi connectivity index (χ2n) is 6.99. The van der Waals surface area contributed by atoms with E-state index in [0.29, 0.717) is 6.04 Å². The van der Waals surface area contributed by atoms with Gasteiger partial charge in [-0.1, -0.05) is 0 Å². The smallest absolute Gasteiger partial charge is 0.191 e. The minimum atomic E-state index is -0.182. The van der Waals surface area contributed by atoms with E-state index < -0.39 is 0 Å². The van der Waals surface area contributed by atoms with Gasteiger partial charge in [0.25, 0.3) is 0 Å². The molecular weight excluding hydrogens is 361 g/mol. The van der Waals surface area contributed by atoms with E-state index >= 15 is 0 Å². The van der Waals surface area contributed by atoms with Gasteiger partial charge < -0.3 is 15.5 Å². The molecule has 0 radical (unpaired) electrons. The van der Waals surface area contributed by atoms with Gasteiger partial charge in [0, 0.05) is 50.2 Å². The van der Waals surface area contributed by atoms with Crippen LogP contribution in [0, 0.1) is 5.82 Å². The van der Waals surface area contributed by atoms with E-state index in [9.17, 15) is 4.39 Å². The van der Waals surface area contributed by atoms with Gasteiger partial charge in [0.15, 0.2) is 5.96 Å². The number of halogens is 1. The lowest BCUT2D eigenvalue weighted by atomic mass is 10.2. The SMILES string of the molecule is CCNC(=NCC(C)N1CCN(C)CC1)NCCCSc1ccc(F)cc1. The van der Waals surface area contributed by atoms with Crippen LogP contribution in [-0.4, -0.2) is 80.4 Å². The van der Waals surface area contributed by atoms with Gasteiger partial charge in [-0.25, -0.2) is 4.39 Å². The molecular formula is C20H34FN5S. The number of aliphatic imine (C=N–C) groups is 1. The number of thioether (sulfide) groups is 1. The molecule has 0 amide bonds. The molecule has 152 valence electrons. The highest BCUT2D eigenvalue weighted by atomic mass is 32.2. The molecule has 2 rings (SSSR count). The molecule has 1 saturated heterocycles. The predicted molar refractivity (Wildman–Crippen MR) is 114 cm³/mol. The summed E-state index contributed by atoms with van der Waals surface area (Å²) in [4.78, 5) is 10.8. The van der Waals surface area contributed by atoms with E-state index in [4.69, 9.17) is 4.99 Å². The molecule has 2 N–H and O–H groups in total. The predicted octanol–water partition coefficient (Wildman–Crippen LogP) is 2.50. The van der Waals surface area contributed by atoms with Crippen molar-refractivity contribution in [2.24, 2.45) is 4.99 Å². The van der Waals surface area contributed by atoms with Crippen molar-refractivity contribution in [3.8, 4) is 0 Å². The van der Waals surface area contributed by atoms with Crippen molar-refractivity contribution in [3.05, 3.63) is 30.1 Å². The number of hydrogen-bond donors (Lipinski definition) is 2. The molecule has 1 heterocycles. The summed E-state index contributed by atoms with van der Waals surface area (Å²) in [5.41, 5.74) is 0. The van der Waals surface area contributed by atoms with Crippen molar-refractivity contribution in [1.82, 2.24) is 20.4 Å². The van der Waals surface area contributed by atoms with Crippen LogP contribution in [0.1, 0.15) is 20.3 Å². The fraction of sp³-hybridized carbons (Fsp3) is 0.650. The van der Waals surface area contributed by atoms with Gasteiger partial charge >= 0.3 is 0 Å². The highest BCUT2D eigenvalue weighted by molar-refractivity contribution is 7.99. The van der Waals surface area contributed by atoms with E-state index in [1.165, 1.54) is 12.1 Å². The lowest BCUT2D eigenvalue weighted by Gasteiger charge is -2.35. The van der Waals surface area contributed by atoms with Crippen LogP contribution >= 0.6 is 11.8 Å². The van der Waals surface area contributed by atoms with Crippen molar-refractivity contribution in [1.29, 1.82) is 0 Å². The molecule has 7 heteroatoms. The summed E-state index contributed by atoms with van der Waals surface area (Å²) in [6.07, 6.45) is 1.03. The Morgan fingerprint density at radius 3 is 2.56 bits per heavy atom. The summed E-state index contributed by atoms with van der Waals surface area (Å²) in [7, 11) is 2.18. The Balaban J connectivity index is 1.67. The largest absolute Gasteiger partial charge is 0.357 e. The number of nitrogens with zero attached hydrogens (tertiary/aromatic N) is 3. The van der Waals surface area contributed by atoms with Crippen molar-refractivity contribution >= 4 is 17.7 Å². The number of hydrogen-bond acceptors (Lipinski definition) is 4. The Kier molecular flexibility index (Phi) is 9.94. The summed E-state index contributed by atoms with van der Waals surface area (Å²) in [5, 5.41) is 6.75. The average molecular weight is 396 g/mol. The lowest BCUT2D eigenvalue weighted by molar-refractivity contribution is 0.122. The maximum Gasteiger partial charge on any atom is 0.191 e. The van der Waals surface area contributed by atoms with Crippen LogP contribution < -0.4 is 10.6 Å². The quantitative estimate of drug-likeness (QED) is 0.291. The molecule has 0 bridgehead atoms. The van der Waals surface area contributed by atoms with Crippen molar-refractivity contribution in [3.63, 3.8) is 0 Å².